The first-order valence-electron chi connectivity index (χ1n) is 6.74. The van der Waals surface area contributed by atoms with Crippen LogP contribution in [0.4, 0.5) is 0 Å². The molecule has 0 N–H and O–H groups in total. The molecule has 3 nitrogen and oxygen atoms in total. The maximum absolute atomic E-state index is 4.32. The van der Waals surface area contributed by atoms with Gasteiger partial charge in [-0.25, -0.2) is 0 Å². The second-order valence-electron chi connectivity index (χ2n) is 4.99. The Hall–Kier alpha value is -1.29. The number of aryl methyl sites for hydroxylation is 2. The van der Waals surface area contributed by atoms with Gasteiger partial charge >= 0.3 is 0 Å². The van der Waals surface area contributed by atoms with Gasteiger partial charge < -0.3 is 4.57 Å². The fourth-order valence-electron chi connectivity index (χ4n) is 2.00. The Balaban J connectivity index is 2.11. The fourth-order valence-corrected chi connectivity index (χ4v) is 3.04. The van der Waals surface area contributed by atoms with E-state index < -0.39 is 0 Å². The van der Waals surface area contributed by atoms with Crippen molar-refractivity contribution in [2.24, 2.45) is 0 Å². The topological polar surface area (TPSA) is 30.7 Å². The summed E-state index contributed by atoms with van der Waals surface area (Å²) >= 11 is 1.76. The molecule has 0 aliphatic heterocycles. The highest BCUT2D eigenvalue weighted by Gasteiger charge is 2.13. The van der Waals surface area contributed by atoms with E-state index in [-0.39, 0.29) is 0 Å². The van der Waals surface area contributed by atoms with Crippen molar-refractivity contribution in [1.29, 1.82) is 0 Å². The van der Waals surface area contributed by atoms with Crippen molar-refractivity contribution in [3.05, 3.63) is 41.2 Å². The normalized spacial score (nSPS) is 11.2. The van der Waals surface area contributed by atoms with Crippen LogP contribution in [0.1, 0.15) is 43.8 Å². The number of benzene rings is 1. The highest BCUT2D eigenvalue weighted by molar-refractivity contribution is 7.98. The third-order valence-electron chi connectivity index (χ3n) is 3.06. The average molecular weight is 275 g/mol. The van der Waals surface area contributed by atoms with Crippen LogP contribution in [0.5, 0.6) is 0 Å². The number of thioether (sulfide) groups is 1. The van der Waals surface area contributed by atoms with Gasteiger partial charge in [-0.05, 0) is 26.3 Å². The zero-order valence-corrected chi connectivity index (χ0v) is 12.9. The zero-order valence-electron chi connectivity index (χ0n) is 12.1. The monoisotopic (exact) mass is 275 g/mol. The van der Waals surface area contributed by atoms with Crippen molar-refractivity contribution in [1.82, 2.24) is 14.8 Å². The summed E-state index contributed by atoms with van der Waals surface area (Å²) in [5, 5.41) is 9.61. The lowest BCUT2D eigenvalue weighted by molar-refractivity contribution is 0.528. The molecular weight excluding hydrogens is 254 g/mol. The van der Waals surface area contributed by atoms with E-state index in [1.54, 1.807) is 11.8 Å². The Morgan fingerprint density at radius 1 is 1.16 bits per heavy atom. The maximum Gasteiger partial charge on any atom is 0.191 e. The molecule has 0 unspecified atom stereocenters. The van der Waals surface area contributed by atoms with Gasteiger partial charge in [0.25, 0.3) is 0 Å². The molecule has 0 aliphatic rings. The van der Waals surface area contributed by atoms with Crippen LogP contribution in [0.3, 0.4) is 0 Å². The Kier molecular flexibility index (Phi) is 4.64. The van der Waals surface area contributed by atoms with Gasteiger partial charge in [0.15, 0.2) is 5.16 Å². The van der Waals surface area contributed by atoms with Gasteiger partial charge in [-0.2, -0.15) is 0 Å². The van der Waals surface area contributed by atoms with Crippen LogP contribution in [0.25, 0.3) is 0 Å². The van der Waals surface area contributed by atoms with Crippen LogP contribution in [0, 0.1) is 6.92 Å². The van der Waals surface area contributed by atoms with Gasteiger partial charge in [0.1, 0.15) is 5.82 Å². The standard InChI is InChI=1S/C15H21N3S/c1-5-14-16-17-15(18(14)11(2)3)19-10-13-8-6-12(4)7-9-13/h6-9,11H,5,10H2,1-4H3. The summed E-state index contributed by atoms with van der Waals surface area (Å²) in [6.07, 6.45) is 0.927. The predicted octanol–water partition coefficient (Wildman–Crippen LogP) is 4.02. The van der Waals surface area contributed by atoms with Crippen molar-refractivity contribution in [3.8, 4) is 0 Å². The van der Waals surface area contributed by atoms with Crippen LogP contribution >= 0.6 is 11.8 Å². The molecular formula is C15H21N3S. The minimum Gasteiger partial charge on any atom is -0.303 e. The molecule has 2 rings (SSSR count). The molecule has 102 valence electrons. The lowest BCUT2D eigenvalue weighted by Crippen LogP contribution is -2.07. The predicted molar refractivity (Wildman–Crippen MR) is 80.5 cm³/mol. The molecule has 0 bridgehead atoms. The number of hydrogen-bond acceptors (Lipinski definition) is 3. The number of rotatable bonds is 5. The van der Waals surface area contributed by atoms with Crippen molar-refractivity contribution in [3.63, 3.8) is 0 Å². The smallest absolute Gasteiger partial charge is 0.191 e. The molecule has 0 aliphatic carbocycles. The fraction of sp³-hybridized carbons (Fsp3) is 0.467. The molecule has 4 heteroatoms. The summed E-state index contributed by atoms with van der Waals surface area (Å²) in [7, 11) is 0. The van der Waals surface area contributed by atoms with E-state index in [2.05, 4.69) is 66.7 Å². The van der Waals surface area contributed by atoms with Gasteiger partial charge in [-0.1, -0.05) is 48.5 Å². The summed E-state index contributed by atoms with van der Waals surface area (Å²) in [5.74, 6) is 2.01. The second kappa shape index (κ2) is 6.24. The molecule has 0 saturated heterocycles. The lowest BCUT2D eigenvalue weighted by Gasteiger charge is -2.12. The Morgan fingerprint density at radius 3 is 2.42 bits per heavy atom. The number of aromatic nitrogens is 3. The van der Waals surface area contributed by atoms with E-state index in [9.17, 15) is 0 Å². The Bertz CT molecular complexity index is 529. The second-order valence-corrected chi connectivity index (χ2v) is 5.93. The SMILES string of the molecule is CCc1nnc(SCc2ccc(C)cc2)n1C(C)C. The summed E-state index contributed by atoms with van der Waals surface area (Å²) in [5.41, 5.74) is 2.62. The molecule has 0 saturated carbocycles. The maximum atomic E-state index is 4.32. The first-order valence-corrected chi connectivity index (χ1v) is 7.72. The van der Waals surface area contributed by atoms with E-state index in [4.69, 9.17) is 0 Å². The molecule has 0 spiro atoms. The van der Waals surface area contributed by atoms with Crippen LogP contribution in [0.2, 0.25) is 0 Å². The molecule has 1 heterocycles. The largest absolute Gasteiger partial charge is 0.303 e. The van der Waals surface area contributed by atoms with E-state index in [1.807, 2.05) is 0 Å². The first-order chi connectivity index (χ1) is 9.11. The summed E-state index contributed by atoms with van der Waals surface area (Å²) in [4.78, 5) is 0. The number of hydrogen-bond donors (Lipinski definition) is 0. The van der Waals surface area contributed by atoms with Gasteiger partial charge in [0.2, 0.25) is 0 Å². The van der Waals surface area contributed by atoms with Crippen LogP contribution in [-0.4, -0.2) is 14.8 Å². The van der Waals surface area contributed by atoms with Gasteiger partial charge in [0.05, 0.1) is 0 Å². The molecule has 0 amide bonds. The first kappa shape index (κ1) is 14.1. The summed E-state index contributed by atoms with van der Waals surface area (Å²) < 4.78 is 2.23. The molecule has 0 atom stereocenters. The third-order valence-corrected chi connectivity index (χ3v) is 4.07. The average Bonchev–Trinajstić information content (AvgIpc) is 2.81. The Morgan fingerprint density at radius 2 is 1.84 bits per heavy atom. The third kappa shape index (κ3) is 3.38. The quantitative estimate of drug-likeness (QED) is 0.772. The van der Waals surface area contributed by atoms with Crippen LogP contribution in [0.15, 0.2) is 29.4 Å². The highest BCUT2D eigenvalue weighted by atomic mass is 32.2. The van der Waals surface area contributed by atoms with Crippen LogP contribution < -0.4 is 0 Å². The summed E-state index contributed by atoms with van der Waals surface area (Å²) in [6, 6.07) is 9.07. The Labute approximate surface area is 119 Å². The molecule has 2 aromatic rings. The van der Waals surface area contributed by atoms with Crippen molar-refractivity contribution >= 4 is 11.8 Å². The highest BCUT2D eigenvalue weighted by Crippen LogP contribution is 2.25. The number of nitrogens with zero attached hydrogens (tertiary/aromatic N) is 3. The molecule has 1 aromatic carbocycles. The van der Waals surface area contributed by atoms with Crippen molar-refractivity contribution in [2.45, 2.75) is 51.1 Å². The molecule has 1 aromatic heterocycles. The summed E-state index contributed by atoms with van der Waals surface area (Å²) in [6.45, 7) is 8.59. The minimum atomic E-state index is 0.408. The molecule has 19 heavy (non-hydrogen) atoms. The van der Waals surface area contributed by atoms with Crippen LogP contribution in [-0.2, 0) is 12.2 Å². The minimum absolute atomic E-state index is 0.408. The lowest BCUT2D eigenvalue weighted by atomic mass is 10.2. The van der Waals surface area contributed by atoms with E-state index in [0.717, 1.165) is 23.2 Å². The molecule has 0 radical (unpaired) electrons. The van der Waals surface area contributed by atoms with E-state index in [1.165, 1.54) is 11.1 Å². The van der Waals surface area contributed by atoms with Crippen molar-refractivity contribution < 1.29 is 0 Å². The van der Waals surface area contributed by atoms with Gasteiger partial charge in [0, 0.05) is 18.2 Å². The van der Waals surface area contributed by atoms with Gasteiger partial charge in [-0.15, -0.1) is 10.2 Å². The molecule has 0 fully saturated rings. The van der Waals surface area contributed by atoms with Crippen molar-refractivity contribution in [2.75, 3.05) is 0 Å². The van der Waals surface area contributed by atoms with Gasteiger partial charge in [-0.3, -0.25) is 0 Å². The van der Waals surface area contributed by atoms with E-state index >= 15 is 0 Å². The zero-order chi connectivity index (χ0) is 13.8. The van der Waals surface area contributed by atoms with E-state index in [0.29, 0.717) is 6.04 Å².